The summed E-state index contributed by atoms with van der Waals surface area (Å²) in [6.07, 6.45) is 0. The summed E-state index contributed by atoms with van der Waals surface area (Å²) in [6.45, 7) is 1.78. The summed E-state index contributed by atoms with van der Waals surface area (Å²) in [7, 11) is -0.572. The van der Waals surface area contributed by atoms with E-state index in [1.807, 2.05) is 5.38 Å². The number of anilines is 1. The van der Waals surface area contributed by atoms with Gasteiger partial charge in [0, 0.05) is 18.0 Å². The first-order valence-corrected chi connectivity index (χ1v) is 9.03. The number of ether oxygens (including phenoxy) is 1. The predicted octanol–water partition coefficient (Wildman–Crippen LogP) is 3.63. The van der Waals surface area contributed by atoms with Crippen LogP contribution in [-0.2, 0) is 15.9 Å². The van der Waals surface area contributed by atoms with E-state index in [9.17, 15) is 8.42 Å². The second-order valence-corrected chi connectivity index (χ2v) is 7.62. The molecule has 0 aliphatic heterocycles. The van der Waals surface area contributed by atoms with Crippen LogP contribution in [0.15, 0.2) is 34.5 Å². The number of methoxy groups -OCH3 is 1. The Morgan fingerprint density at radius 1 is 1.38 bits per heavy atom. The normalized spacial score (nSPS) is 11.4. The molecule has 114 valence electrons. The molecule has 21 heavy (non-hydrogen) atoms. The largest absolute Gasteiger partial charge is 0.497 e. The van der Waals surface area contributed by atoms with Crippen molar-refractivity contribution < 1.29 is 13.2 Å². The van der Waals surface area contributed by atoms with Crippen LogP contribution in [0.5, 0.6) is 5.75 Å². The van der Waals surface area contributed by atoms with Gasteiger partial charge in [0.25, 0.3) is 10.0 Å². The van der Waals surface area contributed by atoms with Crippen LogP contribution in [0.1, 0.15) is 10.4 Å². The van der Waals surface area contributed by atoms with Gasteiger partial charge in [0.1, 0.15) is 10.6 Å². The van der Waals surface area contributed by atoms with Crippen molar-refractivity contribution in [3.8, 4) is 5.75 Å². The fourth-order valence-electron chi connectivity index (χ4n) is 2.01. The van der Waals surface area contributed by atoms with Crippen LogP contribution in [0.3, 0.4) is 0 Å². The first-order valence-electron chi connectivity index (χ1n) is 6.17. The number of thiophene rings is 1. The van der Waals surface area contributed by atoms with Crippen LogP contribution in [-0.4, -0.2) is 22.6 Å². The number of hydrogen-bond donors (Lipinski definition) is 0. The number of aryl methyl sites for hydroxylation is 1. The molecule has 0 bridgehead atoms. The average molecular weight is 346 g/mol. The molecule has 0 atom stereocenters. The molecule has 0 fully saturated rings. The summed E-state index contributed by atoms with van der Waals surface area (Å²) >= 11 is 7.22. The Bertz CT molecular complexity index is 740. The number of nitrogens with zero attached hydrogens (tertiary/aromatic N) is 1. The highest BCUT2D eigenvalue weighted by atomic mass is 35.5. The maximum absolute atomic E-state index is 12.8. The molecule has 0 unspecified atom stereocenters. The van der Waals surface area contributed by atoms with Crippen molar-refractivity contribution in [2.45, 2.75) is 17.7 Å². The molecule has 0 N–H and O–H groups in total. The van der Waals surface area contributed by atoms with Crippen molar-refractivity contribution in [2.75, 3.05) is 18.5 Å². The highest BCUT2D eigenvalue weighted by molar-refractivity contribution is 7.93. The van der Waals surface area contributed by atoms with E-state index in [2.05, 4.69) is 0 Å². The lowest BCUT2D eigenvalue weighted by atomic mass is 10.3. The summed E-state index contributed by atoms with van der Waals surface area (Å²) in [5, 5.41) is 1.81. The maximum atomic E-state index is 12.8. The predicted molar refractivity (Wildman–Crippen MR) is 87.2 cm³/mol. The SMILES string of the molecule is COc1cccc(N(C)S(=O)(=O)c2c(C)csc2CCl)c1. The van der Waals surface area contributed by atoms with Crippen LogP contribution < -0.4 is 9.04 Å². The minimum atomic E-state index is -3.64. The van der Waals surface area contributed by atoms with Gasteiger partial charge in [-0.2, -0.15) is 0 Å². The van der Waals surface area contributed by atoms with Gasteiger partial charge < -0.3 is 4.74 Å². The summed E-state index contributed by atoms with van der Waals surface area (Å²) in [4.78, 5) is 0.955. The molecular weight excluding hydrogens is 330 g/mol. The number of sulfonamides is 1. The fraction of sp³-hybridized carbons (Fsp3) is 0.286. The Kier molecular flexibility index (Phi) is 4.81. The van der Waals surface area contributed by atoms with Crippen LogP contribution in [0, 0.1) is 6.92 Å². The minimum Gasteiger partial charge on any atom is -0.497 e. The number of benzene rings is 1. The summed E-state index contributed by atoms with van der Waals surface area (Å²) in [5.74, 6) is 0.785. The molecule has 1 aromatic carbocycles. The molecule has 1 heterocycles. The zero-order valence-electron chi connectivity index (χ0n) is 12.0. The zero-order chi connectivity index (χ0) is 15.6. The van der Waals surface area contributed by atoms with E-state index in [1.165, 1.54) is 22.7 Å². The van der Waals surface area contributed by atoms with Crippen LogP contribution in [0.2, 0.25) is 0 Å². The van der Waals surface area contributed by atoms with Crippen LogP contribution >= 0.6 is 22.9 Å². The lowest BCUT2D eigenvalue weighted by Gasteiger charge is -2.20. The van der Waals surface area contributed by atoms with Crippen molar-refractivity contribution in [2.24, 2.45) is 0 Å². The van der Waals surface area contributed by atoms with E-state index >= 15 is 0 Å². The highest BCUT2D eigenvalue weighted by Gasteiger charge is 2.27. The fourth-order valence-corrected chi connectivity index (χ4v) is 5.20. The van der Waals surface area contributed by atoms with Gasteiger partial charge >= 0.3 is 0 Å². The highest BCUT2D eigenvalue weighted by Crippen LogP contribution is 2.33. The molecule has 0 aliphatic carbocycles. The van der Waals surface area contributed by atoms with Gasteiger partial charge in [-0.15, -0.1) is 22.9 Å². The zero-order valence-corrected chi connectivity index (χ0v) is 14.3. The third-order valence-electron chi connectivity index (χ3n) is 3.15. The van der Waals surface area contributed by atoms with E-state index in [0.717, 1.165) is 0 Å². The smallest absolute Gasteiger partial charge is 0.265 e. The molecule has 0 spiro atoms. The molecule has 0 amide bonds. The van der Waals surface area contributed by atoms with E-state index in [1.54, 1.807) is 38.3 Å². The van der Waals surface area contributed by atoms with Crippen molar-refractivity contribution in [3.05, 3.63) is 40.1 Å². The van der Waals surface area contributed by atoms with Crippen molar-refractivity contribution in [3.63, 3.8) is 0 Å². The van der Waals surface area contributed by atoms with E-state index in [0.29, 0.717) is 26.8 Å². The van der Waals surface area contributed by atoms with Crippen LogP contribution in [0.25, 0.3) is 0 Å². The van der Waals surface area contributed by atoms with Crippen molar-refractivity contribution in [1.82, 2.24) is 0 Å². The Labute approximate surface area is 134 Å². The molecular formula is C14H16ClNO3S2. The Morgan fingerprint density at radius 2 is 2.10 bits per heavy atom. The standard InChI is InChI=1S/C14H16ClNO3S2/c1-10-9-20-13(8-15)14(10)21(17,18)16(2)11-5-4-6-12(7-11)19-3/h4-7,9H,8H2,1-3H3. The van der Waals surface area contributed by atoms with Gasteiger partial charge in [-0.25, -0.2) is 8.42 Å². The maximum Gasteiger partial charge on any atom is 0.265 e. The number of rotatable bonds is 5. The quantitative estimate of drug-likeness (QED) is 0.777. The Balaban J connectivity index is 2.50. The molecule has 0 radical (unpaired) electrons. The van der Waals surface area contributed by atoms with Gasteiger partial charge in [0.2, 0.25) is 0 Å². The second-order valence-electron chi connectivity index (χ2n) is 4.48. The first kappa shape index (κ1) is 16.1. The number of alkyl halides is 1. The average Bonchev–Trinajstić information content (AvgIpc) is 2.88. The number of hydrogen-bond acceptors (Lipinski definition) is 4. The second kappa shape index (κ2) is 6.25. The molecule has 0 saturated heterocycles. The van der Waals surface area contributed by atoms with E-state index in [-0.39, 0.29) is 5.88 Å². The van der Waals surface area contributed by atoms with Crippen molar-refractivity contribution in [1.29, 1.82) is 0 Å². The monoisotopic (exact) mass is 345 g/mol. The molecule has 2 rings (SSSR count). The van der Waals surface area contributed by atoms with E-state index in [4.69, 9.17) is 16.3 Å². The van der Waals surface area contributed by atoms with E-state index < -0.39 is 10.0 Å². The van der Waals surface area contributed by atoms with Gasteiger partial charge in [-0.3, -0.25) is 4.31 Å². The Hall–Kier alpha value is -1.24. The molecule has 0 saturated carbocycles. The molecule has 7 heteroatoms. The molecule has 2 aromatic rings. The summed E-state index contributed by atoms with van der Waals surface area (Å²) < 4.78 is 32.0. The van der Waals surface area contributed by atoms with Gasteiger partial charge in [0.15, 0.2) is 0 Å². The first-order chi connectivity index (χ1) is 9.91. The third-order valence-corrected chi connectivity index (χ3v) is 6.82. The van der Waals surface area contributed by atoms with Gasteiger partial charge in [0.05, 0.1) is 18.7 Å². The lowest BCUT2D eigenvalue weighted by molar-refractivity contribution is 0.415. The topological polar surface area (TPSA) is 46.6 Å². The summed E-state index contributed by atoms with van der Waals surface area (Å²) in [6, 6.07) is 6.93. The number of halogens is 1. The lowest BCUT2D eigenvalue weighted by Crippen LogP contribution is -2.27. The van der Waals surface area contributed by atoms with Gasteiger partial charge in [-0.1, -0.05) is 6.07 Å². The van der Waals surface area contributed by atoms with Gasteiger partial charge in [-0.05, 0) is 30.0 Å². The van der Waals surface area contributed by atoms with Crippen molar-refractivity contribution >= 4 is 38.6 Å². The minimum absolute atomic E-state index is 0.180. The molecule has 0 aliphatic rings. The Morgan fingerprint density at radius 3 is 2.71 bits per heavy atom. The van der Waals surface area contributed by atoms with Crippen LogP contribution in [0.4, 0.5) is 5.69 Å². The third kappa shape index (κ3) is 3.02. The molecule has 4 nitrogen and oxygen atoms in total. The molecule has 1 aromatic heterocycles. The summed E-state index contributed by atoms with van der Waals surface area (Å²) in [5.41, 5.74) is 1.26.